The zero-order valence-electron chi connectivity index (χ0n) is 6.53. The SMILES string of the molecule is Cc1cnn(C)c1CC(=O)O. The van der Waals surface area contributed by atoms with Crippen molar-refractivity contribution in [3.05, 3.63) is 17.5 Å². The van der Waals surface area contributed by atoms with Gasteiger partial charge in [0.05, 0.1) is 18.3 Å². The van der Waals surface area contributed by atoms with Crippen molar-refractivity contribution < 1.29 is 9.90 Å². The fourth-order valence-electron chi connectivity index (χ4n) is 0.970. The van der Waals surface area contributed by atoms with Gasteiger partial charge in [0.1, 0.15) is 0 Å². The molecule has 0 spiro atoms. The summed E-state index contributed by atoms with van der Waals surface area (Å²) in [5.41, 5.74) is 1.69. The van der Waals surface area contributed by atoms with Gasteiger partial charge in [-0.15, -0.1) is 0 Å². The van der Waals surface area contributed by atoms with Crippen LogP contribution in [0.15, 0.2) is 6.20 Å². The van der Waals surface area contributed by atoms with E-state index in [9.17, 15) is 4.79 Å². The number of aryl methyl sites for hydroxylation is 2. The predicted octanol–water partition coefficient (Wildman–Crippen LogP) is 0.356. The lowest BCUT2D eigenvalue weighted by atomic mass is 10.2. The van der Waals surface area contributed by atoms with Gasteiger partial charge in [0.25, 0.3) is 0 Å². The molecule has 1 rings (SSSR count). The molecule has 0 radical (unpaired) electrons. The van der Waals surface area contributed by atoms with Gasteiger partial charge in [-0.3, -0.25) is 9.48 Å². The van der Waals surface area contributed by atoms with E-state index in [-0.39, 0.29) is 6.42 Å². The first-order chi connectivity index (χ1) is 5.11. The van der Waals surface area contributed by atoms with Crippen LogP contribution in [0.25, 0.3) is 0 Å². The van der Waals surface area contributed by atoms with Crippen LogP contribution in [0.2, 0.25) is 0 Å². The Morgan fingerprint density at radius 3 is 2.82 bits per heavy atom. The van der Waals surface area contributed by atoms with Gasteiger partial charge in [-0.25, -0.2) is 0 Å². The predicted molar refractivity (Wildman–Crippen MR) is 39.3 cm³/mol. The molecule has 4 nitrogen and oxygen atoms in total. The van der Waals surface area contributed by atoms with E-state index in [1.54, 1.807) is 17.9 Å². The Labute approximate surface area is 64.5 Å². The minimum atomic E-state index is -0.822. The van der Waals surface area contributed by atoms with Crippen LogP contribution in [-0.2, 0) is 18.3 Å². The summed E-state index contributed by atoms with van der Waals surface area (Å²) in [4.78, 5) is 10.3. The van der Waals surface area contributed by atoms with Crippen molar-refractivity contribution in [3.8, 4) is 0 Å². The summed E-state index contributed by atoms with van der Waals surface area (Å²) in [7, 11) is 1.74. The fourth-order valence-corrected chi connectivity index (χ4v) is 0.970. The van der Waals surface area contributed by atoms with Gasteiger partial charge in [-0.05, 0) is 12.5 Å². The van der Waals surface area contributed by atoms with E-state index in [1.165, 1.54) is 0 Å². The molecule has 0 aliphatic heterocycles. The van der Waals surface area contributed by atoms with Crippen LogP contribution in [0.5, 0.6) is 0 Å². The molecule has 4 heteroatoms. The van der Waals surface area contributed by atoms with E-state index in [0.29, 0.717) is 0 Å². The van der Waals surface area contributed by atoms with Crippen molar-refractivity contribution in [2.45, 2.75) is 13.3 Å². The molecule has 0 aliphatic rings. The molecule has 0 atom stereocenters. The van der Waals surface area contributed by atoms with Gasteiger partial charge in [0.15, 0.2) is 0 Å². The maximum absolute atomic E-state index is 10.3. The quantitative estimate of drug-likeness (QED) is 0.669. The molecule has 0 amide bonds. The summed E-state index contributed by atoms with van der Waals surface area (Å²) in [5, 5.41) is 12.4. The van der Waals surface area contributed by atoms with Gasteiger partial charge in [-0.2, -0.15) is 5.10 Å². The summed E-state index contributed by atoms with van der Waals surface area (Å²) >= 11 is 0. The molecular formula is C7H10N2O2. The first kappa shape index (κ1) is 7.78. The molecule has 11 heavy (non-hydrogen) atoms. The summed E-state index contributed by atoms with van der Waals surface area (Å²) in [5.74, 6) is -0.822. The molecule has 0 saturated heterocycles. The molecule has 60 valence electrons. The van der Waals surface area contributed by atoms with Gasteiger partial charge < -0.3 is 5.11 Å². The summed E-state index contributed by atoms with van der Waals surface area (Å²) in [6.45, 7) is 1.85. The first-order valence-electron chi connectivity index (χ1n) is 3.30. The molecule has 1 aromatic heterocycles. The standard InChI is InChI=1S/C7H10N2O2/c1-5-4-8-9(2)6(5)3-7(10)11/h4H,3H2,1-2H3,(H,10,11). The summed E-state index contributed by atoms with van der Waals surface area (Å²) in [6.07, 6.45) is 1.71. The highest BCUT2D eigenvalue weighted by molar-refractivity contribution is 5.70. The average molecular weight is 154 g/mol. The third-order valence-electron chi connectivity index (χ3n) is 1.59. The lowest BCUT2D eigenvalue weighted by Gasteiger charge is -1.98. The van der Waals surface area contributed by atoms with Crippen LogP contribution in [0.4, 0.5) is 0 Å². The highest BCUT2D eigenvalue weighted by Crippen LogP contribution is 2.05. The van der Waals surface area contributed by atoms with Crippen molar-refractivity contribution in [2.24, 2.45) is 7.05 Å². The zero-order valence-corrected chi connectivity index (χ0v) is 6.53. The van der Waals surface area contributed by atoms with Crippen molar-refractivity contribution in [3.63, 3.8) is 0 Å². The van der Waals surface area contributed by atoms with Crippen LogP contribution in [0.1, 0.15) is 11.3 Å². The number of nitrogens with zero attached hydrogens (tertiary/aromatic N) is 2. The van der Waals surface area contributed by atoms with Crippen molar-refractivity contribution >= 4 is 5.97 Å². The van der Waals surface area contributed by atoms with Crippen LogP contribution in [0, 0.1) is 6.92 Å². The Morgan fingerprint density at radius 2 is 2.45 bits per heavy atom. The number of aliphatic carboxylic acids is 1. The second-order valence-corrected chi connectivity index (χ2v) is 2.47. The highest BCUT2D eigenvalue weighted by atomic mass is 16.4. The maximum atomic E-state index is 10.3. The second kappa shape index (κ2) is 2.74. The Hall–Kier alpha value is -1.32. The number of carboxylic acids is 1. The largest absolute Gasteiger partial charge is 0.481 e. The number of hydrogen-bond acceptors (Lipinski definition) is 2. The van der Waals surface area contributed by atoms with E-state index in [2.05, 4.69) is 5.10 Å². The third kappa shape index (κ3) is 1.58. The molecule has 0 aromatic carbocycles. The molecule has 0 aliphatic carbocycles. The Morgan fingerprint density at radius 1 is 1.82 bits per heavy atom. The molecule has 0 bridgehead atoms. The number of hydrogen-bond donors (Lipinski definition) is 1. The van der Waals surface area contributed by atoms with Crippen LogP contribution < -0.4 is 0 Å². The number of carboxylic acid groups (broad SMARTS) is 1. The molecule has 1 N–H and O–H groups in total. The Balaban J connectivity index is 2.92. The fraction of sp³-hybridized carbons (Fsp3) is 0.429. The normalized spacial score (nSPS) is 10.0. The highest BCUT2D eigenvalue weighted by Gasteiger charge is 2.07. The smallest absolute Gasteiger partial charge is 0.309 e. The Bertz CT molecular complexity index is 258. The van der Waals surface area contributed by atoms with Crippen LogP contribution in [0.3, 0.4) is 0 Å². The minimum Gasteiger partial charge on any atom is -0.481 e. The molecule has 0 fully saturated rings. The van der Waals surface area contributed by atoms with E-state index >= 15 is 0 Å². The van der Waals surface area contributed by atoms with Crippen molar-refractivity contribution in [2.75, 3.05) is 0 Å². The van der Waals surface area contributed by atoms with E-state index < -0.39 is 5.97 Å². The Kier molecular flexibility index (Phi) is 1.94. The molecule has 0 unspecified atom stereocenters. The van der Waals surface area contributed by atoms with Gasteiger partial charge in [-0.1, -0.05) is 0 Å². The second-order valence-electron chi connectivity index (χ2n) is 2.47. The lowest BCUT2D eigenvalue weighted by molar-refractivity contribution is -0.136. The molecule has 1 aromatic rings. The van der Waals surface area contributed by atoms with E-state index in [1.807, 2.05) is 6.92 Å². The van der Waals surface area contributed by atoms with Crippen LogP contribution >= 0.6 is 0 Å². The first-order valence-corrected chi connectivity index (χ1v) is 3.30. The summed E-state index contributed by atoms with van der Waals surface area (Å²) in [6, 6.07) is 0. The lowest BCUT2D eigenvalue weighted by Crippen LogP contribution is -2.06. The van der Waals surface area contributed by atoms with Crippen molar-refractivity contribution in [1.82, 2.24) is 9.78 Å². The van der Waals surface area contributed by atoms with Gasteiger partial charge >= 0.3 is 5.97 Å². The van der Waals surface area contributed by atoms with E-state index in [4.69, 9.17) is 5.11 Å². The van der Waals surface area contributed by atoms with Crippen molar-refractivity contribution in [1.29, 1.82) is 0 Å². The van der Waals surface area contributed by atoms with Gasteiger partial charge in [0, 0.05) is 7.05 Å². The number of rotatable bonds is 2. The average Bonchev–Trinajstić information content (AvgIpc) is 2.18. The molecule has 0 saturated carbocycles. The molecule has 1 heterocycles. The van der Waals surface area contributed by atoms with E-state index in [0.717, 1.165) is 11.3 Å². The number of aromatic nitrogens is 2. The monoisotopic (exact) mass is 154 g/mol. The zero-order chi connectivity index (χ0) is 8.43. The van der Waals surface area contributed by atoms with Crippen LogP contribution in [-0.4, -0.2) is 20.9 Å². The number of carbonyl (C=O) groups is 1. The summed E-state index contributed by atoms with van der Waals surface area (Å²) < 4.78 is 1.59. The van der Waals surface area contributed by atoms with Gasteiger partial charge in [0.2, 0.25) is 0 Å². The minimum absolute atomic E-state index is 0.0440. The maximum Gasteiger partial charge on any atom is 0.309 e. The third-order valence-corrected chi connectivity index (χ3v) is 1.59. The molecular weight excluding hydrogens is 144 g/mol. The topological polar surface area (TPSA) is 55.1 Å².